The minimum Gasteiger partial charge on any atom is -0.465 e. The molecule has 1 atom stereocenters. The maximum Gasteiger partial charge on any atom is 0.323 e. The number of nitrogens with one attached hydrogen (secondary N) is 1. The number of esters is 1. The van der Waals surface area contributed by atoms with Crippen LogP contribution < -0.4 is 5.32 Å². The van der Waals surface area contributed by atoms with Gasteiger partial charge in [-0.3, -0.25) is 4.79 Å². The summed E-state index contributed by atoms with van der Waals surface area (Å²) in [4.78, 5) is 11.5. The summed E-state index contributed by atoms with van der Waals surface area (Å²) < 4.78 is 4.99. The summed E-state index contributed by atoms with van der Waals surface area (Å²) in [5, 5.41) is 3.30. The highest BCUT2D eigenvalue weighted by Crippen LogP contribution is 2.21. The van der Waals surface area contributed by atoms with Gasteiger partial charge in [0.15, 0.2) is 0 Å². The summed E-state index contributed by atoms with van der Waals surface area (Å²) in [6, 6.07) is 0.434. The van der Waals surface area contributed by atoms with Crippen LogP contribution in [0.15, 0.2) is 0 Å². The third-order valence-corrected chi connectivity index (χ3v) is 2.20. The number of rotatable bonds is 5. The molecule has 1 fully saturated rings. The average Bonchev–Trinajstić information content (AvgIpc) is 2.83. The quantitative estimate of drug-likeness (QED) is 0.657. The Kier molecular flexibility index (Phi) is 3.72. The van der Waals surface area contributed by atoms with E-state index in [1.54, 1.807) is 0 Å². The number of ether oxygens (including phenoxy) is 1. The highest BCUT2D eigenvalue weighted by molar-refractivity contribution is 5.76. The topological polar surface area (TPSA) is 38.3 Å². The van der Waals surface area contributed by atoms with Gasteiger partial charge in [-0.25, -0.2) is 0 Å². The molecule has 1 rings (SSSR count). The van der Waals surface area contributed by atoms with Crippen LogP contribution in [0.3, 0.4) is 0 Å². The van der Waals surface area contributed by atoms with Gasteiger partial charge in [-0.1, -0.05) is 13.8 Å². The van der Waals surface area contributed by atoms with Crippen LogP contribution in [0.2, 0.25) is 0 Å². The molecule has 1 saturated carbocycles. The number of hydrogen-bond donors (Lipinski definition) is 1. The van der Waals surface area contributed by atoms with E-state index in [1.807, 2.05) is 20.8 Å². The third-order valence-electron chi connectivity index (χ3n) is 2.20. The minimum absolute atomic E-state index is 0.107. The van der Waals surface area contributed by atoms with Crippen molar-refractivity contribution in [3.63, 3.8) is 0 Å². The van der Waals surface area contributed by atoms with Gasteiger partial charge in [0.05, 0.1) is 6.61 Å². The van der Waals surface area contributed by atoms with Gasteiger partial charge in [0.1, 0.15) is 6.04 Å². The van der Waals surface area contributed by atoms with Gasteiger partial charge in [-0.15, -0.1) is 0 Å². The number of carbonyl (C=O) groups is 1. The molecule has 0 radical (unpaired) electrons. The molecule has 1 aliphatic rings. The monoisotopic (exact) mass is 185 g/mol. The van der Waals surface area contributed by atoms with E-state index in [4.69, 9.17) is 4.74 Å². The molecule has 3 nitrogen and oxygen atoms in total. The highest BCUT2D eigenvalue weighted by atomic mass is 16.5. The molecule has 0 bridgehead atoms. The molecule has 0 spiro atoms. The molecule has 0 aliphatic heterocycles. The van der Waals surface area contributed by atoms with Crippen LogP contribution in [0.25, 0.3) is 0 Å². The van der Waals surface area contributed by atoms with E-state index in [2.05, 4.69) is 5.32 Å². The first-order chi connectivity index (χ1) is 6.15. The molecule has 76 valence electrons. The van der Waals surface area contributed by atoms with Crippen molar-refractivity contribution in [3.05, 3.63) is 0 Å². The van der Waals surface area contributed by atoms with Crippen molar-refractivity contribution < 1.29 is 9.53 Å². The van der Waals surface area contributed by atoms with Crippen molar-refractivity contribution in [2.75, 3.05) is 6.61 Å². The van der Waals surface area contributed by atoms with E-state index in [-0.39, 0.29) is 12.0 Å². The lowest BCUT2D eigenvalue weighted by Crippen LogP contribution is -2.43. The summed E-state index contributed by atoms with van der Waals surface area (Å²) in [5.41, 5.74) is 0. The summed E-state index contributed by atoms with van der Waals surface area (Å²) in [6.07, 6.45) is 2.39. The van der Waals surface area contributed by atoms with E-state index in [1.165, 1.54) is 12.8 Å². The Morgan fingerprint density at radius 1 is 1.54 bits per heavy atom. The van der Waals surface area contributed by atoms with Gasteiger partial charge in [-0.2, -0.15) is 0 Å². The zero-order valence-corrected chi connectivity index (χ0v) is 8.67. The van der Waals surface area contributed by atoms with E-state index in [9.17, 15) is 4.79 Å². The second-order valence-electron chi connectivity index (χ2n) is 3.91. The Morgan fingerprint density at radius 2 is 2.15 bits per heavy atom. The lowest BCUT2D eigenvalue weighted by molar-refractivity contribution is -0.146. The third kappa shape index (κ3) is 3.35. The summed E-state index contributed by atoms with van der Waals surface area (Å²) in [7, 11) is 0. The van der Waals surface area contributed by atoms with Crippen molar-refractivity contribution >= 4 is 5.97 Å². The molecule has 0 heterocycles. The zero-order chi connectivity index (χ0) is 9.84. The Labute approximate surface area is 79.8 Å². The maximum absolute atomic E-state index is 11.5. The first-order valence-electron chi connectivity index (χ1n) is 5.07. The Bertz CT molecular complexity index is 176. The fraction of sp³-hybridized carbons (Fsp3) is 0.900. The van der Waals surface area contributed by atoms with E-state index < -0.39 is 0 Å². The maximum atomic E-state index is 11.5. The van der Waals surface area contributed by atoms with Crippen molar-refractivity contribution in [2.24, 2.45) is 5.92 Å². The molecule has 1 N–H and O–H groups in total. The Hall–Kier alpha value is -0.570. The van der Waals surface area contributed by atoms with Gasteiger partial charge < -0.3 is 10.1 Å². The summed E-state index contributed by atoms with van der Waals surface area (Å²) >= 11 is 0. The SMILES string of the molecule is CCOC(=O)C(NC1CC1)C(C)C. The van der Waals surface area contributed by atoms with Crippen LogP contribution in [0.4, 0.5) is 0 Å². The molecule has 13 heavy (non-hydrogen) atoms. The second kappa shape index (κ2) is 4.61. The normalized spacial score (nSPS) is 18.8. The van der Waals surface area contributed by atoms with Gasteiger partial charge in [0, 0.05) is 6.04 Å². The predicted molar refractivity (Wildman–Crippen MR) is 51.4 cm³/mol. The molecule has 0 amide bonds. The largest absolute Gasteiger partial charge is 0.465 e. The second-order valence-corrected chi connectivity index (χ2v) is 3.91. The van der Waals surface area contributed by atoms with Crippen molar-refractivity contribution in [1.29, 1.82) is 0 Å². The predicted octanol–water partition coefficient (Wildman–Crippen LogP) is 1.33. The highest BCUT2D eigenvalue weighted by Gasteiger charge is 2.30. The first-order valence-corrected chi connectivity index (χ1v) is 5.07. The molecule has 0 aromatic heterocycles. The minimum atomic E-state index is -0.118. The van der Waals surface area contributed by atoms with Gasteiger partial charge in [0.2, 0.25) is 0 Å². The van der Waals surface area contributed by atoms with Gasteiger partial charge in [-0.05, 0) is 25.7 Å². The standard InChI is InChI=1S/C10H19NO2/c1-4-13-10(12)9(7(2)3)11-8-5-6-8/h7-9,11H,4-6H2,1-3H3. The average molecular weight is 185 g/mol. The zero-order valence-electron chi connectivity index (χ0n) is 8.67. The molecule has 1 aliphatic carbocycles. The molecule has 1 unspecified atom stereocenters. The van der Waals surface area contributed by atoms with Gasteiger partial charge in [0.25, 0.3) is 0 Å². The molecule has 0 aromatic rings. The van der Waals surface area contributed by atoms with Crippen LogP contribution in [-0.2, 0) is 9.53 Å². The van der Waals surface area contributed by atoms with Crippen molar-refractivity contribution in [2.45, 2.75) is 45.7 Å². The molecule has 0 aromatic carbocycles. The molecular weight excluding hydrogens is 166 g/mol. The molecule has 0 saturated heterocycles. The van der Waals surface area contributed by atoms with Crippen molar-refractivity contribution in [1.82, 2.24) is 5.32 Å². The van der Waals surface area contributed by atoms with E-state index >= 15 is 0 Å². The van der Waals surface area contributed by atoms with Crippen LogP contribution >= 0.6 is 0 Å². The lowest BCUT2D eigenvalue weighted by Gasteiger charge is -2.20. The molecular formula is C10H19NO2. The van der Waals surface area contributed by atoms with Crippen LogP contribution in [0.1, 0.15) is 33.6 Å². The summed E-state index contributed by atoms with van der Waals surface area (Å²) in [6.45, 7) is 6.38. The van der Waals surface area contributed by atoms with Crippen molar-refractivity contribution in [3.8, 4) is 0 Å². The number of hydrogen-bond acceptors (Lipinski definition) is 3. The van der Waals surface area contributed by atoms with Crippen LogP contribution in [0.5, 0.6) is 0 Å². The van der Waals surface area contributed by atoms with Crippen LogP contribution in [0, 0.1) is 5.92 Å². The lowest BCUT2D eigenvalue weighted by atomic mass is 10.0. The molecule has 3 heteroatoms. The Balaban J connectivity index is 2.39. The summed E-state index contributed by atoms with van der Waals surface area (Å²) in [5.74, 6) is 0.198. The van der Waals surface area contributed by atoms with Gasteiger partial charge >= 0.3 is 5.97 Å². The number of carbonyl (C=O) groups excluding carboxylic acids is 1. The fourth-order valence-corrected chi connectivity index (χ4v) is 1.27. The fourth-order valence-electron chi connectivity index (χ4n) is 1.27. The first kappa shape index (κ1) is 10.5. The van der Waals surface area contributed by atoms with Crippen LogP contribution in [-0.4, -0.2) is 24.7 Å². The van der Waals surface area contributed by atoms with E-state index in [0.29, 0.717) is 18.6 Å². The smallest absolute Gasteiger partial charge is 0.323 e. The van der Waals surface area contributed by atoms with E-state index in [0.717, 1.165) is 0 Å². The Morgan fingerprint density at radius 3 is 2.54 bits per heavy atom.